The number of benzene rings is 2. The first-order valence-corrected chi connectivity index (χ1v) is 8.92. The van der Waals surface area contributed by atoms with Crippen LogP contribution in [0.2, 0.25) is 0 Å². The second-order valence-corrected chi connectivity index (χ2v) is 6.10. The lowest BCUT2D eigenvalue weighted by Gasteiger charge is -2.06. The highest BCUT2D eigenvalue weighted by Gasteiger charge is 2.09. The summed E-state index contributed by atoms with van der Waals surface area (Å²) in [5.74, 6) is 0.310. The molecular weight excluding hydrogens is 361 g/mol. The summed E-state index contributed by atoms with van der Waals surface area (Å²) >= 11 is 0. The molecule has 0 aliphatic carbocycles. The molecule has 28 heavy (non-hydrogen) atoms. The molecule has 7 heteroatoms. The minimum Gasteiger partial charge on any atom is -0.441 e. The topological polar surface area (TPSA) is 84.2 Å². The van der Waals surface area contributed by atoms with Crippen molar-refractivity contribution in [3.63, 3.8) is 0 Å². The van der Waals surface area contributed by atoms with Crippen LogP contribution in [0.15, 0.2) is 65.2 Å². The van der Waals surface area contributed by atoms with Gasteiger partial charge in [-0.1, -0.05) is 18.2 Å². The van der Waals surface area contributed by atoms with Crippen LogP contribution in [0.4, 0.5) is 4.39 Å². The Morgan fingerprint density at radius 2 is 1.68 bits per heavy atom. The van der Waals surface area contributed by atoms with Crippen molar-refractivity contribution in [3.8, 4) is 11.3 Å². The number of aromatic nitrogens is 1. The largest absolute Gasteiger partial charge is 0.441 e. The van der Waals surface area contributed by atoms with E-state index in [1.807, 2.05) is 6.07 Å². The first kappa shape index (κ1) is 19.3. The summed E-state index contributed by atoms with van der Waals surface area (Å²) in [6, 6.07) is 14.8. The Kier molecular flexibility index (Phi) is 6.51. The van der Waals surface area contributed by atoms with Crippen LogP contribution >= 0.6 is 0 Å². The average Bonchev–Trinajstić information content (AvgIpc) is 3.20. The summed E-state index contributed by atoms with van der Waals surface area (Å²) in [7, 11) is 0. The minimum atomic E-state index is -0.319. The molecule has 0 spiro atoms. The number of hydrogen-bond donors (Lipinski definition) is 2. The Labute approximate surface area is 161 Å². The van der Waals surface area contributed by atoms with Crippen molar-refractivity contribution in [2.45, 2.75) is 12.8 Å². The molecule has 1 aromatic heterocycles. The fraction of sp³-hybridized carbons (Fsp3) is 0.190. The zero-order valence-electron chi connectivity index (χ0n) is 15.2. The fourth-order valence-corrected chi connectivity index (χ4v) is 2.55. The highest BCUT2D eigenvalue weighted by Crippen LogP contribution is 2.21. The normalized spacial score (nSPS) is 10.5. The van der Waals surface area contributed by atoms with Gasteiger partial charge in [-0.3, -0.25) is 9.59 Å². The number of amides is 2. The molecule has 144 valence electrons. The van der Waals surface area contributed by atoms with Gasteiger partial charge in [-0.25, -0.2) is 9.37 Å². The average molecular weight is 381 g/mol. The predicted molar refractivity (Wildman–Crippen MR) is 102 cm³/mol. The van der Waals surface area contributed by atoms with Gasteiger partial charge < -0.3 is 15.1 Å². The summed E-state index contributed by atoms with van der Waals surface area (Å²) in [5, 5.41) is 5.48. The molecule has 0 radical (unpaired) electrons. The lowest BCUT2D eigenvalue weighted by molar-refractivity contribution is -0.121. The van der Waals surface area contributed by atoms with Gasteiger partial charge in [-0.2, -0.15) is 0 Å². The van der Waals surface area contributed by atoms with Crippen LogP contribution in [0.1, 0.15) is 22.7 Å². The molecule has 0 saturated carbocycles. The van der Waals surface area contributed by atoms with Crippen LogP contribution in [0.25, 0.3) is 11.3 Å². The first-order chi connectivity index (χ1) is 13.6. The monoisotopic (exact) mass is 381 g/mol. The lowest BCUT2D eigenvalue weighted by atomic mass is 10.2. The molecule has 6 nitrogen and oxygen atoms in total. The Morgan fingerprint density at radius 1 is 0.964 bits per heavy atom. The SMILES string of the molecule is O=C(CCc1ncc(-c2ccc(F)cc2)o1)NCCNC(=O)c1ccccc1. The van der Waals surface area contributed by atoms with E-state index >= 15 is 0 Å². The van der Waals surface area contributed by atoms with Crippen LogP contribution in [-0.2, 0) is 11.2 Å². The van der Waals surface area contributed by atoms with Crippen LogP contribution in [0.5, 0.6) is 0 Å². The van der Waals surface area contributed by atoms with Crippen molar-refractivity contribution >= 4 is 11.8 Å². The number of nitrogens with one attached hydrogen (secondary N) is 2. The number of nitrogens with zero attached hydrogens (tertiary/aromatic N) is 1. The summed E-state index contributed by atoms with van der Waals surface area (Å²) in [5.41, 5.74) is 1.30. The fourth-order valence-electron chi connectivity index (χ4n) is 2.55. The maximum absolute atomic E-state index is 13.0. The Bertz CT molecular complexity index is 924. The van der Waals surface area contributed by atoms with Gasteiger partial charge in [-0.15, -0.1) is 0 Å². The van der Waals surface area contributed by atoms with Crippen molar-refractivity contribution in [1.82, 2.24) is 15.6 Å². The second kappa shape index (κ2) is 9.45. The molecule has 0 fully saturated rings. The third-order valence-electron chi connectivity index (χ3n) is 4.02. The predicted octanol–water partition coefficient (Wildman–Crippen LogP) is 2.96. The highest BCUT2D eigenvalue weighted by atomic mass is 19.1. The molecule has 0 atom stereocenters. The third kappa shape index (κ3) is 5.51. The molecule has 0 aliphatic heterocycles. The maximum Gasteiger partial charge on any atom is 0.251 e. The van der Waals surface area contributed by atoms with Crippen LogP contribution in [-0.4, -0.2) is 29.9 Å². The van der Waals surface area contributed by atoms with Gasteiger partial charge in [0.05, 0.1) is 6.20 Å². The van der Waals surface area contributed by atoms with Crippen LogP contribution in [0.3, 0.4) is 0 Å². The summed E-state index contributed by atoms with van der Waals surface area (Å²) < 4.78 is 18.6. The molecule has 0 bridgehead atoms. The first-order valence-electron chi connectivity index (χ1n) is 8.92. The Morgan fingerprint density at radius 3 is 2.43 bits per heavy atom. The zero-order valence-corrected chi connectivity index (χ0v) is 15.2. The van der Waals surface area contributed by atoms with Crippen molar-refractivity contribution in [2.24, 2.45) is 0 Å². The van der Waals surface area contributed by atoms with Gasteiger partial charge in [-0.05, 0) is 36.4 Å². The molecule has 2 amide bonds. The smallest absolute Gasteiger partial charge is 0.251 e. The molecule has 0 unspecified atom stereocenters. The zero-order chi connectivity index (χ0) is 19.8. The van der Waals surface area contributed by atoms with Crippen molar-refractivity contribution in [1.29, 1.82) is 0 Å². The van der Waals surface area contributed by atoms with Crippen LogP contribution < -0.4 is 10.6 Å². The van der Waals surface area contributed by atoms with Crippen molar-refractivity contribution in [3.05, 3.63) is 78.1 Å². The summed E-state index contributed by atoms with van der Waals surface area (Å²) in [4.78, 5) is 27.9. The van der Waals surface area contributed by atoms with E-state index in [1.54, 1.807) is 42.6 Å². The Hall–Kier alpha value is -3.48. The summed E-state index contributed by atoms with van der Waals surface area (Å²) in [6.45, 7) is 0.678. The highest BCUT2D eigenvalue weighted by molar-refractivity contribution is 5.94. The van der Waals surface area contributed by atoms with Gasteiger partial charge in [0.15, 0.2) is 11.7 Å². The van der Waals surface area contributed by atoms with Crippen molar-refractivity contribution < 1.29 is 18.4 Å². The molecule has 3 rings (SSSR count). The van der Waals surface area contributed by atoms with E-state index in [1.165, 1.54) is 12.1 Å². The van der Waals surface area contributed by atoms with E-state index in [-0.39, 0.29) is 24.1 Å². The van der Waals surface area contributed by atoms with Crippen LogP contribution in [0, 0.1) is 5.82 Å². The van der Waals surface area contributed by atoms with E-state index in [0.717, 1.165) is 5.56 Å². The van der Waals surface area contributed by atoms with Gasteiger partial charge in [0.1, 0.15) is 5.82 Å². The van der Waals surface area contributed by atoms with Gasteiger partial charge in [0.2, 0.25) is 5.91 Å². The number of halogens is 1. The number of oxazole rings is 1. The molecule has 2 aromatic carbocycles. The van der Waals surface area contributed by atoms with Crippen molar-refractivity contribution in [2.75, 3.05) is 13.1 Å². The number of hydrogen-bond acceptors (Lipinski definition) is 4. The second-order valence-electron chi connectivity index (χ2n) is 6.10. The molecular formula is C21H20FN3O3. The lowest BCUT2D eigenvalue weighted by Crippen LogP contribution is -2.34. The molecule has 1 heterocycles. The number of carbonyl (C=O) groups is 2. The van der Waals surface area contributed by atoms with E-state index < -0.39 is 0 Å². The van der Waals surface area contributed by atoms with Gasteiger partial charge in [0.25, 0.3) is 5.91 Å². The van der Waals surface area contributed by atoms with E-state index in [0.29, 0.717) is 36.7 Å². The molecule has 0 saturated heterocycles. The van der Waals surface area contributed by atoms with E-state index in [9.17, 15) is 14.0 Å². The molecule has 2 N–H and O–H groups in total. The number of carbonyl (C=O) groups excluding carboxylic acids is 2. The third-order valence-corrected chi connectivity index (χ3v) is 4.02. The molecule has 3 aromatic rings. The summed E-state index contributed by atoms with van der Waals surface area (Å²) in [6.07, 6.45) is 2.12. The number of rotatable bonds is 8. The maximum atomic E-state index is 13.0. The van der Waals surface area contributed by atoms with Gasteiger partial charge in [0, 0.05) is 37.1 Å². The van der Waals surface area contributed by atoms with E-state index in [4.69, 9.17) is 4.42 Å². The standard InChI is InChI=1S/C21H20FN3O3/c22-17-8-6-15(7-9-17)18-14-25-20(28-18)11-10-19(26)23-12-13-24-21(27)16-4-2-1-3-5-16/h1-9,14H,10-13H2,(H,23,26)(H,24,27). The van der Waals surface area contributed by atoms with E-state index in [2.05, 4.69) is 15.6 Å². The minimum absolute atomic E-state index is 0.157. The van der Waals surface area contributed by atoms with Gasteiger partial charge >= 0.3 is 0 Å². The Balaban J connectivity index is 1.37. The number of aryl methyl sites for hydroxylation is 1. The quantitative estimate of drug-likeness (QED) is 0.588. The molecule has 0 aliphatic rings.